The Morgan fingerprint density at radius 1 is 0.963 bits per heavy atom. The molecule has 0 radical (unpaired) electrons. The molecule has 6 heteroatoms. The summed E-state index contributed by atoms with van der Waals surface area (Å²) in [6.45, 7) is 10.8. The maximum atomic E-state index is 12.8. The van der Waals surface area contributed by atoms with Gasteiger partial charge in [0.2, 0.25) is 11.8 Å². The van der Waals surface area contributed by atoms with Crippen LogP contribution in [-0.2, 0) is 19.1 Å². The van der Waals surface area contributed by atoms with Gasteiger partial charge in [-0.1, -0.05) is 34.1 Å². The molecular weight excluding hydrogens is 344 g/mol. The van der Waals surface area contributed by atoms with Crippen molar-refractivity contribution in [2.75, 3.05) is 33.3 Å². The molecule has 0 spiro atoms. The molecule has 2 aliphatic rings. The molecule has 0 aromatic heterocycles. The number of likely N-dealkylation sites (tertiary alicyclic amines) is 2. The van der Waals surface area contributed by atoms with E-state index in [-0.39, 0.29) is 29.1 Å². The summed E-state index contributed by atoms with van der Waals surface area (Å²) in [6, 6.07) is 0. The van der Waals surface area contributed by atoms with E-state index in [1.54, 1.807) is 0 Å². The maximum Gasteiger partial charge on any atom is 0.308 e. The number of carbonyl (C=O) groups excluding carboxylic acids is 3. The molecule has 2 heterocycles. The van der Waals surface area contributed by atoms with Crippen molar-refractivity contribution < 1.29 is 19.1 Å². The van der Waals surface area contributed by atoms with Gasteiger partial charge in [0.25, 0.3) is 0 Å². The molecule has 0 saturated carbocycles. The van der Waals surface area contributed by atoms with Crippen molar-refractivity contribution in [3.63, 3.8) is 0 Å². The van der Waals surface area contributed by atoms with Crippen LogP contribution in [0.3, 0.4) is 0 Å². The number of rotatable bonds is 4. The highest BCUT2D eigenvalue weighted by Gasteiger charge is 2.36. The molecule has 2 atom stereocenters. The van der Waals surface area contributed by atoms with Crippen LogP contribution in [0.4, 0.5) is 0 Å². The number of piperidine rings is 2. The average molecular weight is 381 g/mol. The summed E-state index contributed by atoms with van der Waals surface area (Å²) < 4.78 is 4.81. The Labute approximate surface area is 163 Å². The first kappa shape index (κ1) is 21.7. The smallest absolute Gasteiger partial charge is 0.308 e. The Kier molecular flexibility index (Phi) is 7.29. The van der Waals surface area contributed by atoms with Crippen LogP contribution in [-0.4, -0.2) is 60.9 Å². The summed E-state index contributed by atoms with van der Waals surface area (Å²) in [6.07, 6.45) is 3.81. The molecule has 2 saturated heterocycles. The predicted octanol–water partition coefficient (Wildman–Crippen LogP) is 2.71. The Balaban J connectivity index is 1.87. The second kappa shape index (κ2) is 9.07. The lowest BCUT2D eigenvalue weighted by molar-refractivity contribution is -0.149. The van der Waals surface area contributed by atoms with Crippen molar-refractivity contribution in [2.45, 2.75) is 59.8 Å². The summed E-state index contributed by atoms with van der Waals surface area (Å²) >= 11 is 0. The minimum atomic E-state index is -0.356. The first-order valence-electron chi connectivity index (χ1n) is 10.3. The lowest BCUT2D eigenvalue weighted by Gasteiger charge is -2.41. The van der Waals surface area contributed by atoms with Gasteiger partial charge in [-0.3, -0.25) is 14.4 Å². The highest BCUT2D eigenvalue weighted by Crippen LogP contribution is 2.32. The lowest BCUT2D eigenvalue weighted by atomic mass is 9.80. The topological polar surface area (TPSA) is 66.9 Å². The van der Waals surface area contributed by atoms with Gasteiger partial charge in [0, 0.05) is 38.0 Å². The van der Waals surface area contributed by atoms with Gasteiger partial charge in [-0.15, -0.1) is 0 Å². The van der Waals surface area contributed by atoms with Crippen LogP contribution in [0.2, 0.25) is 0 Å². The Bertz CT molecular complexity index is 547. The third-order valence-corrected chi connectivity index (χ3v) is 6.16. The minimum absolute atomic E-state index is 0.0749. The monoisotopic (exact) mass is 380 g/mol. The molecule has 0 aromatic rings. The Morgan fingerprint density at radius 2 is 1.56 bits per heavy atom. The summed E-state index contributed by atoms with van der Waals surface area (Å²) in [4.78, 5) is 40.9. The van der Waals surface area contributed by atoms with Crippen molar-refractivity contribution in [3.05, 3.63) is 0 Å². The van der Waals surface area contributed by atoms with Crippen LogP contribution in [0.1, 0.15) is 59.8 Å². The molecule has 2 unspecified atom stereocenters. The van der Waals surface area contributed by atoms with Gasteiger partial charge in [0.05, 0.1) is 13.0 Å². The molecule has 2 fully saturated rings. The highest BCUT2D eigenvalue weighted by molar-refractivity contribution is 5.81. The fraction of sp³-hybridized carbons (Fsp3) is 0.857. The third-order valence-electron chi connectivity index (χ3n) is 6.16. The van der Waals surface area contributed by atoms with E-state index in [0.717, 1.165) is 25.9 Å². The molecular formula is C21H36N2O4. The van der Waals surface area contributed by atoms with Gasteiger partial charge >= 0.3 is 5.97 Å². The van der Waals surface area contributed by atoms with E-state index in [0.29, 0.717) is 44.2 Å². The number of esters is 1. The van der Waals surface area contributed by atoms with Crippen LogP contribution in [0.15, 0.2) is 0 Å². The van der Waals surface area contributed by atoms with E-state index < -0.39 is 0 Å². The molecule has 2 amide bonds. The molecule has 2 rings (SSSR count). The summed E-state index contributed by atoms with van der Waals surface area (Å²) in [5.74, 6) is 0.873. The first-order chi connectivity index (χ1) is 12.7. The standard InChI is InChI=1S/C21H36N2O4/c1-6-15-14-23(20(26)21(2,3)4)12-9-17(15)13-18(24)22-10-7-16(8-11-22)19(25)27-5/h15-17H,6-14H2,1-5H3. The van der Waals surface area contributed by atoms with Gasteiger partial charge in [0.15, 0.2) is 0 Å². The number of nitrogens with zero attached hydrogens (tertiary/aromatic N) is 2. The summed E-state index contributed by atoms with van der Waals surface area (Å²) in [7, 11) is 1.42. The predicted molar refractivity (Wildman–Crippen MR) is 104 cm³/mol. The molecule has 0 aromatic carbocycles. The highest BCUT2D eigenvalue weighted by atomic mass is 16.5. The SMILES string of the molecule is CCC1CN(C(=O)C(C)(C)C)CCC1CC(=O)N1CCC(C(=O)OC)CC1. The van der Waals surface area contributed by atoms with E-state index in [2.05, 4.69) is 6.92 Å². The number of hydrogen-bond acceptors (Lipinski definition) is 4. The van der Waals surface area contributed by atoms with Crippen LogP contribution >= 0.6 is 0 Å². The van der Waals surface area contributed by atoms with E-state index in [9.17, 15) is 14.4 Å². The lowest BCUT2D eigenvalue weighted by Crippen LogP contribution is -2.49. The van der Waals surface area contributed by atoms with E-state index in [4.69, 9.17) is 4.74 Å². The molecule has 27 heavy (non-hydrogen) atoms. The number of amides is 2. The van der Waals surface area contributed by atoms with Crippen molar-refractivity contribution in [1.29, 1.82) is 0 Å². The first-order valence-corrected chi connectivity index (χ1v) is 10.3. The third kappa shape index (κ3) is 5.45. The van der Waals surface area contributed by atoms with Crippen molar-refractivity contribution in [2.24, 2.45) is 23.2 Å². The quantitative estimate of drug-likeness (QED) is 0.704. The van der Waals surface area contributed by atoms with E-state index in [1.165, 1.54) is 7.11 Å². The Hall–Kier alpha value is -1.59. The number of ether oxygens (including phenoxy) is 1. The summed E-state index contributed by atoms with van der Waals surface area (Å²) in [5.41, 5.74) is -0.356. The molecule has 0 N–H and O–H groups in total. The van der Waals surface area contributed by atoms with Crippen LogP contribution in [0.5, 0.6) is 0 Å². The molecule has 2 aliphatic heterocycles. The summed E-state index contributed by atoms with van der Waals surface area (Å²) in [5, 5.41) is 0. The molecule has 0 bridgehead atoms. The molecule has 0 aliphatic carbocycles. The number of methoxy groups -OCH3 is 1. The number of hydrogen-bond donors (Lipinski definition) is 0. The van der Waals surface area contributed by atoms with Crippen LogP contribution < -0.4 is 0 Å². The van der Waals surface area contributed by atoms with Gasteiger partial charge in [-0.2, -0.15) is 0 Å². The van der Waals surface area contributed by atoms with Gasteiger partial charge < -0.3 is 14.5 Å². The van der Waals surface area contributed by atoms with Crippen molar-refractivity contribution in [1.82, 2.24) is 9.80 Å². The van der Waals surface area contributed by atoms with Crippen molar-refractivity contribution in [3.8, 4) is 0 Å². The van der Waals surface area contributed by atoms with Gasteiger partial charge in [-0.25, -0.2) is 0 Å². The fourth-order valence-electron chi connectivity index (χ4n) is 4.36. The molecule has 154 valence electrons. The zero-order valence-corrected chi connectivity index (χ0v) is 17.6. The number of carbonyl (C=O) groups is 3. The second-order valence-corrected chi connectivity index (χ2v) is 9.10. The maximum absolute atomic E-state index is 12.8. The van der Waals surface area contributed by atoms with Crippen molar-refractivity contribution >= 4 is 17.8 Å². The second-order valence-electron chi connectivity index (χ2n) is 9.10. The van der Waals surface area contributed by atoms with Gasteiger partial charge in [0.1, 0.15) is 0 Å². The minimum Gasteiger partial charge on any atom is -0.469 e. The van der Waals surface area contributed by atoms with Crippen LogP contribution in [0.25, 0.3) is 0 Å². The normalized spacial score (nSPS) is 24.6. The van der Waals surface area contributed by atoms with E-state index >= 15 is 0 Å². The fourth-order valence-corrected chi connectivity index (χ4v) is 4.36. The van der Waals surface area contributed by atoms with E-state index in [1.807, 2.05) is 30.6 Å². The Morgan fingerprint density at radius 3 is 2.07 bits per heavy atom. The average Bonchev–Trinajstić information content (AvgIpc) is 2.66. The largest absolute Gasteiger partial charge is 0.469 e. The van der Waals surface area contributed by atoms with Gasteiger partial charge in [-0.05, 0) is 31.1 Å². The zero-order valence-electron chi connectivity index (χ0n) is 17.6. The molecule has 6 nitrogen and oxygen atoms in total. The van der Waals surface area contributed by atoms with Crippen LogP contribution in [0, 0.1) is 23.2 Å². The zero-order chi connectivity index (χ0) is 20.2.